The zero-order valence-corrected chi connectivity index (χ0v) is 9.45. The average molecular weight is 252 g/mol. The van der Waals surface area contributed by atoms with E-state index in [4.69, 9.17) is 0 Å². The molecule has 0 N–H and O–H groups in total. The van der Waals surface area contributed by atoms with Crippen LogP contribution in [0.25, 0.3) is 0 Å². The van der Waals surface area contributed by atoms with Gasteiger partial charge in [0.2, 0.25) is 0 Å². The van der Waals surface area contributed by atoms with Crippen LogP contribution in [0, 0.1) is 17.5 Å². The third-order valence-corrected chi connectivity index (χ3v) is 3.74. The van der Waals surface area contributed by atoms with Gasteiger partial charge >= 0.3 is 0 Å². The molecule has 0 atom stereocenters. The zero-order valence-electron chi connectivity index (χ0n) is 8.63. The Hall–Kier alpha value is -1.04. The third-order valence-electron chi connectivity index (χ3n) is 1.99. The SMILES string of the molecule is CCCS(=O)(=O)Cc1c(F)cc(F)cc1F. The number of hydrogen-bond donors (Lipinski definition) is 0. The van der Waals surface area contributed by atoms with Gasteiger partial charge in [0.1, 0.15) is 17.5 Å². The standard InChI is InChI=1S/C10H11F3O2S/c1-2-3-16(14,15)6-8-9(12)4-7(11)5-10(8)13/h4-5H,2-3,6H2,1H3. The third kappa shape index (κ3) is 3.23. The van der Waals surface area contributed by atoms with Crippen LogP contribution in [0.4, 0.5) is 13.2 Å². The van der Waals surface area contributed by atoms with Gasteiger partial charge in [0, 0.05) is 17.7 Å². The van der Waals surface area contributed by atoms with E-state index in [0.717, 1.165) is 0 Å². The molecule has 16 heavy (non-hydrogen) atoms. The van der Waals surface area contributed by atoms with Crippen molar-refractivity contribution in [1.82, 2.24) is 0 Å². The Morgan fingerprint density at radius 1 is 1.12 bits per heavy atom. The Morgan fingerprint density at radius 2 is 1.62 bits per heavy atom. The number of halogens is 3. The minimum atomic E-state index is -3.54. The van der Waals surface area contributed by atoms with Gasteiger partial charge < -0.3 is 0 Å². The molecule has 2 nitrogen and oxygen atoms in total. The van der Waals surface area contributed by atoms with Gasteiger partial charge in [-0.15, -0.1) is 0 Å². The summed E-state index contributed by atoms with van der Waals surface area (Å²) in [5.74, 6) is -4.29. The Balaban J connectivity index is 3.07. The van der Waals surface area contributed by atoms with Crippen molar-refractivity contribution in [2.24, 2.45) is 0 Å². The summed E-state index contributed by atoms with van der Waals surface area (Å²) in [6, 6.07) is 0.944. The molecule has 1 rings (SSSR count). The highest BCUT2D eigenvalue weighted by molar-refractivity contribution is 7.90. The van der Waals surface area contributed by atoms with Crippen LogP contribution in [0.5, 0.6) is 0 Å². The molecular weight excluding hydrogens is 241 g/mol. The molecule has 0 saturated carbocycles. The molecule has 90 valence electrons. The van der Waals surface area contributed by atoms with Crippen LogP contribution in [0.1, 0.15) is 18.9 Å². The molecule has 0 aromatic heterocycles. The Kier molecular flexibility index (Phi) is 3.96. The lowest BCUT2D eigenvalue weighted by Crippen LogP contribution is -2.11. The first kappa shape index (κ1) is 13.0. The summed E-state index contributed by atoms with van der Waals surface area (Å²) in [7, 11) is -3.54. The lowest BCUT2D eigenvalue weighted by atomic mass is 10.2. The maximum atomic E-state index is 13.1. The molecule has 0 fully saturated rings. The molecule has 0 heterocycles. The van der Waals surface area contributed by atoms with E-state index in [1.165, 1.54) is 0 Å². The van der Waals surface area contributed by atoms with Crippen molar-refractivity contribution < 1.29 is 21.6 Å². The van der Waals surface area contributed by atoms with Crippen molar-refractivity contribution in [2.45, 2.75) is 19.1 Å². The van der Waals surface area contributed by atoms with Crippen molar-refractivity contribution in [1.29, 1.82) is 0 Å². The second-order valence-electron chi connectivity index (χ2n) is 3.44. The molecule has 1 aromatic carbocycles. The quantitative estimate of drug-likeness (QED) is 0.824. The van der Waals surface area contributed by atoms with E-state index in [-0.39, 0.29) is 5.75 Å². The van der Waals surface area contributed by atoms with Crippen molar-refractivity contribution in [2.75, 3.05) is 5.75 Å². The number of sulfone groups is 1. The van der Waals surface area contributed by atoms with Crippen LogP contribution in [-0.2, 0) is 15.6 Å². The fraction of sp³-hybridized carbons (Fsp3) is 0.400. The highest BCUT2D eigenvalue weighted by Gasteiger charge is 2.18. The Bertz CT molecular complexity index is 460. The maximum Gasteiger partial charge on any atom is 0.154 e. The zero-order chi connectivity index (χ0) is 12.3. The minimum absolute atomic E-state index is 0.150. The predicted octanol–water partition coefficient (Wildman–Crippen LogP) is 2.43. The normalized spacial score (nSPS) is 11.8. The first-order valence-electron chi connectivity index (χ1n) is 4.69. The molecule has 0 amide bonds. The van der Waals surface area contributed by atoms with Gasteiger partial charge in [-0.3, -0.25) is 0 Å². The van der Waals surface area contributed by atoms with Crippen LogP contribution in [0.2, 0.25) is 0 Å². The molecule has 0 radical (unpaired) electrons. The van der Waals surface area contributed by atoms with Crippen molar-refractivity contribution in [3.8, 4) is 0 Å². The largest absolute Gasteiger partial charge is 0.228 e. The van der Waals surface area contributed by atoms with Crippen LogP contribution < -0.4 is 0 Å². The van der Waals surface area contributed by atoms with Crippen LogP contribution in [0.3, 0.4) is 0 Å². The van der Waals surface area contributed by atoms with E-state index in [0.29, 0.717) is 18.6 Å². The fourth-order valence-electron chi connectivity index (χ4n) is 1.31. The first-order valence-corrected chi connectivity index (χ1v) is 6.51. The molecule has 0 unspecified atom stereocenters. The topological polar surface area (TPSA) is 34.1 Å². The molecular formula is C10H11F3O2S. The van der Waals surface area contributed by atoms with E-state index < -0.39 is 38.6 Å². The summed E-state index contributed by atoms with van der Waals surface area (Å²) in [6.45, 7) is 1.65. The first-order chi connectivity index (χ1) is 7.35. The molecule has 0 bridgehead atoms. The van der Waals surface area contributed by atoms with Gasteiger partial charge in [-0.2, -0.15) is 0 Å². The van der Waals surface area contributed by atoms with Crippen LogP contribution in [0.15, 0.2) is 12.1 Å². The number of rotatable bonds is 4. The summed E-state index contributed by atoms with van der Waals surface area (Å²) >= 11 is 0. The van der Waals surface area contributed by atoms with Gasteiger partial charge in [-0.05, 0) is 6.42 Å². The van der Waals surface area contributed by atoms with Crippen molar-refractivity contribution in [3.63, 3.8) is 0 Å². The summed E-state index contributed by atoms with van der Waals surface area (Å²) in [5.41, 5.74) is -0.602. The summed E-state index contributed by atoms with van der Waals surface area (Å²) in [6.07, 6.45) is 0.368. The van der Waals surface area contributed by atoms with Crippen molar-refractivity contribution in [3.05, 3.63) is 35.1 Å². The lowest BCUT2D eigenvalue weighted by molar-refractivity contribution is 0.526. The summed E-state index contributed by atoms with van der Waals surface area (Å²) < 4.78 is 61.6. The van der Waals surface area contributed by atoms with E-state index >= 15 is 0 Å². The second-order valence-corrected chi connectivity index (χ2v) is 5.62. The van der Waals surface area contributed by atoms with Crippen LogP contribution >= 0.6 is 0 Å². The number of hydrogen-bond acceptors (Lipinski definition) is 2. The molecule has 0 aliphatic heterocycles. The molecule has 0 saturated heterocycles. The average Bonchev–Trinajstić information content (AvgIpc) is 2.11. The summed E-state index contributed by atoms with van der Waals surface area (Å²) in [4.78, 5) is 0. The van der Waals surface area contributed by atoms with Gasteiger partial charge in [0.05, 0.1) is 11.5 Å². The summed E-state index contributed by atoms with van der Waals surface area (Å²) in [5, 5.41) is 0. The molecule has 0 aliphatic rings. The van der Waals surface area contributed by atoms with Gasteiger partial charge in [-0.1, -0.05) is 6.92 Å². The van der Waals surface area contributed by atoms with E-state index in [2.05, 4.69) is 0 Å². The monoisotopic (exact) mass is 252 g/mol. The van der Waals surface area contributed by atoms with Gasteiger partial charge in [-0.25, -0.2) is 21.6 Å². The minimum Gasteiger partial charge on any atom is -0.228 e. The van der Waals surface area contributed by atoms with Gasteiger partial charge in [0.15, 0.2) is 9.84 Å². The molecule has 0 aliphatic carbocycles. The van der Waals surface area contributed by atoms with E-state index in [1.54, 1.807) is 6.92 Å². The van der Waals surface area contributed by atoms with E-state index in [9.17, 15) is 21.6 Å². The maximum absolute atomic E-state index is 13.1. The number of benzene rings is 1. The lowest BCUT2D eigenvalue weighted by Gasteiger charge is -2.06. The highest BCUT2D eigenvalue weighted by atomic mass is 32.2. The molecule has 1 aromatic rings. The molecule has 0 spiro atoms. The Morgan fingerprint density at radius 3 is 2.06 bits per heavy atom. The van der Waals surface area contributed by atoms with Crippen LogP contribution in [-0.4, -0.2) is 14.2 Å². The predicted molar refractivity (Wildman–Crippen MR) is 54.1 cm³/mol. The fourth-order valence-corrected chi connectivity index (χ4v) is 2.80. The van der Waals surface area contributed by atoms with Crippen molar-refractivity contribution >= 4 is 9.84 Å². The second kappa shape index (κ2) is 4.86. The smallest absolute Gasteiger partial charge is 0.154 e. The Labute approximate surface area is 92.0 Å². The highest BCUT2D eigenvalue weighted by Crippen LogP contribution is 2.18. The molecule has 6 heteroatoms. The van der Waals surface area contributed by atoms with Gasteiger partial charge in [0.25, 0.3) is 0 Å². The van der Waals surface area contributed by atoms with E-state index in [1.807, 2.05) is 0 Å².